The first-order chi connectivity index (χ1) is 8.41. The summed E-state index contributed by atoms with van der Waals surface area (Å²) in [6, 6.07) is 1.42. The average Bonchev–Trinajstić information content (AvgIpc) is 2.35. The van der Waals surface area contributed by atoms with Crippen molar-refractivity contribution in [1.29, 1.82) is 0 Å². The zero-order valence-corrected chi connectivity index (χ0v) is 15.7. The first-order valence-corrected chi connectivity index (χ1v) is 10.3. The summed E-state index contributed by atoms with van der Waals surface area (Å²) in [4.78, 5) is 0. The summed E-state index contributed by atoms with van der Waals surface area (Å²) in [6.45, 7) is 2.29. The molecule has 0 aromatic rings. The average molecular weight is 275 g/mol. The Morgan fingerprint density at radius 2 is 1.12 bits per heavy atom. The van der Waals surface area contributed by atoms with Gasteiger partial charge >= 0.3 is 0 Å². The van der Waals surface area contributed by atoms with E-state index in [0.717, 1.165) is 10.5 Å². The van der Waals surface area contributed by atoms with Crippen molar-refractivity contribution in [2.24, 2.45) is 0 Å². The zero-order valence-electron chi connectivity index (χ0n) is 12.3. The Kier molecular flexibility index (Phi) is 16.8. The quantitative estimate of drug-likeness (QED) is 0.348. The molecule has 0 aliphatic rings. The van der Waals surface area contributed by atoms with Crippen molar-refractivity contribution < 1.29 is 4.12 Å². The lowest BCUT2D eigenvalue weighted by atomic mass is 10.1. The molecule has 0 unspecified atom stereocenters. The second-order valence-corrected chi connectivity index (χ2v) is 8.66. The van der Waals surface area contributed by atoms with Crippen LogP contribution in [0.25, 0.3) is 0 Å². The van der Waals surface area contributed by atoms with Crippen molar-refractivity contribution in [3.05, 3.63) is 0 Å². The van der Waals surface area contributed by atoms with Crippen molar-refractivity contribution in [1.82, 2.24) is 0 Å². The molecule has 0 bridgehead atoms. The predicted molar refractivity (Wildman–Crippen MR) is 85.5 cm³/mol. The summed E-state index contributed by atoms with van der Waals surface area (Å²) < 4.78 is 5.32. The molecule has 0 fully saturated rings. The molecule has 17 heavy (non-hydrogen) atoms. The van der Waals surface area contributed by atoms with E-state index in [1.54, 1.807) is 0 Å². The zero-order chi connectivity index (χ0) is 12.6. The van der Waals surface area contributed by atoms with Crippen LogP contribution in [-0.4, -0.2) is 20.2 Å². The van der Waals surface area contributed by atoms with Gasteiger partial charge in [-0.25, -0.2) is 0 Å². The first kappa shape index (κ1) is 17.4. The molecule has 0 amide bonds. The summed E-state index contributed by atoms with van der Waals surface area (Å²) >= 11 is 0. The highest BCUT2D eigenvalue weighted by Gasteiger charge is 1.93. The first-order valence-electron chi connectivity index (χ1n) is 7.90. The summed E-state index contributed by atoms with van der Waals surface area (Å²) in [5.74, 6) is 0. The molecule has 0 saturated carbocycles. The fourth-order valence-corrected chi connectivity index (χ4v) is 3.98. The molecule has 0 N–H and O–H groups in total. The van der Waals surface area contributed by atoms with E-state index in [1.165, 1.54) is 83.1 Å². The highest BCUT2D eigenvalue weighted by atomic mass is 28.3. The van der Waals surface area contributed by atoms with E-state index >= 15 is 0 Å². The molecule has 0 saturated heterocycles. The molecule has 0 atom stereocenters. The number of hydrogen-bond acceptors (Lipinski definition) is 1. The lowest BCUT2D eigenvalue weighted by molar-refractivity contribution is 0.546. The van der Waals surface area contributed by atoms with E-state index in [1.807, 2.05) is 0 Å². The molecule has 0 spiro atoms. The molecule has 104 valence electrons. The second-order valence-electron chi connectivity index (χ2n) is 5.24. The summed E-state index contributed by atoms with van der Waals surface area (Å²) in [6.07, 6.45) is 17.5. The van der Waals surface area contributed by atoms with Crippen LogP contribution in [0.15, 0.2) is 0 Å². The molecule has 0 aliphatic carbocycles. The normalized spacial score (nSPS) is 11.8. The molecule has 0 aromatic heterocycles. The van der Waals surface area contributed by atoms with E-state index in [2.05, 4.69) is 6.92 Å². The van der Waals surface area contributed by atoms with E-state index in [4.69, 9.17) is 4.12 Å². The molecule has 1 nitrogen and oxygen atoms in total. The van der Waals surface area contributed by atoms with Crippen molar-refractivity contribution in [2.45, 2.75) is 90.0 Å². The van der Waals surface area contributed by atoms with Crippen molar-refractivity contribution in [2.75, 3.05) is 0 Å². The lowest BCUT2D eigenvalue weighted by Gasteiger charge is -2.02. The Morgan fingerprint density at radius 1 is 0.706 bits per heavy atom. The minimum Gasteiger partial charge on any atom is -0.468 e. The maximum atomic E-state index is 5.32. The van der Waals surface area contributed by atoms with Gasteiger partial charge in [0.2, 0.25) is 0 Å². The van der Waals surface area contributed by atoms with E-state index in [-0.39, 0.29) is 9.76 Å². The van der Waals surface area contributed by atoms with Crippen LogP contribution in [0.2, 0.25) is 6.04 Å². The molecule has 3 heteroatoms. The van der Waals surface area contributed by atoms with Gasteiger partial charge in [0.15, 0.2) is 0 Å². The van der Waals surface area contributed by atoms with Gasteiger partial charge in [0, 0.05) is 0 Å². The van der Waals surface area contributed by atoms with Gasteiger partial charge in [0.25, 0.3) is 0 Å². The Balaban J connectivity index is 2.85. The summed E-state index contributed by atoms with van der Waals surface area (Å²) in [5.41, 5.74) is 0. The van der Waals surface area contributed by atoms with Gasteiger partial charge in [-0.3, -0.25) is 0 Å². The number of hydrogen-bond donors (Lipinski definition) is 0. The van der Waals surface area contributed by atoms with E-state index in [9.17, 15) is 0 Å². The van der Waals surface area contributed by atoms with Gasteiger partial charge in [-0.2, -0.15) is 0 Å². The minimum atomic E-state index is -0.0747. The molecular formula is C14H34OSi2. The highest BCUT2D eigenvalue weighted by molar-refractivity contribution is 6.34. The van der Waals surface area contributed by atoms with Gasteiger partial charge in [-0.1, -0.05) is 84.0 Å². The summed E-state index contributed by atoms with van der Waals surface area (Å²) in [5, 5.41) is 0. The van der Waals surface area contributed by atoms with Crippen LogP contribution in [-0.2, 0) is 4.12 Å². The van der Waals surface area contributed by atoms with Crippen LogP contribution < -0.4 is 0 Å². The van der Waals surface area contributed by atoms with Crippen molar-refractivity contribution >= 4 is 20.2 Å². The maximum Gasteiger partial charge on any atom is 0.145 e. The fraction of sp³-hybridized carbons (Fsp3) is 1.00. The summed E-state index contributed by atoms with van der Waals surface area (Å²) in [7, 11) is 0.897. The van der Waals surface area contributed by atoms with Gasteiger partial charge < -0.3 is 4.12 Å². The van der Waals surface area contributed by atoms with Crippen LogP contribution in [0.3, 0.4) is 0 Å². The minimum absolute atomic E-state index is 0.0747. The van der Waals surface area contributed by atoms with Crippen molar-refractivity contribution in [3.63, 3.8) is 0 Å². The topological polar surface area (TPSA) is 9.23 Å². The monoisotopic (exact) mass is 274 g/mol. The van der Waals surface area contributed by atoms with E-state index < -0.39 is 0 Å². The standard InChI is InChI=1S/C14H34OSi2/c1-2-3-4-5-6-7-8-9-10-11-12-13-14-17-15-16/h2-14,17H2,1,16H3. The molecular weight excluding hydrogens is 240 g/mol. The third-order valence-electron chi connectivity index (χ3n) is 3.45. The van der Waals surface area contributed by atoms with Crippen LogP contribution in [0.1, 0.15) is 84.0 Å². The van der Waals surface area contributed by atoms with Gasteiger partial charge in [-0.15, -0.1) is 0 Å². The SMILES string of the molecule is CCCCCCCCCCCCCC[SiH2]O[SiH3]. The highest BCUT2D eigenvalue weighted by Crippen LogP contribution is 2.12. The molecule has 0 heterocycles. The van der Waals surface area contributed by atoms with Crippen LogP contribution >= 0.6 is 0 Å². The molecule has 0 radical (unpaired) electrons. The van der Waals surface area contributed by atoms with Crippen LogP contribution in [0.4, 0.5) is 0 Å². The second kappa shape index (κ2) is 16.4. The van der Waals surface area contributed by atoms with Gasteiger partial charge in [-0.05, 0) is 6.04 Å². The van der Waals surface area contributed by atoms with Crippen LogP contribution in [0, 0.1) is 0 Å². The molecule has 0 aliphatic heterocycles. The van der Waals surface area contributed by atoms with Gasteiger partial charge in [0.05, 0.1) is 0 Å². The Hall–Kier alpha value is 0.394. The Morgan fingerprint density at radius 3 is 1.53 bits per heavy atom. The smallest absolute Gasteiger partial charge is 0.145 e. The van der Waals surface area contributed by atoms with Crippen molar-refractivity contribution in [3.8, 4) is 0 Å². The predicted octanol–water partition coefficient (Wildman–Crippen LogP) is 3.49. The van der Waals surface area contributed by atoms with E-state index in [0.29, 0.717) is 0 Å². The number of unbranched alkanes of at least 4 members (excludes halogenated alkanes) is 11. The Bertz CT molecular complexity index is 117. The molecule has 0 aromatic carbocycles. The van der Waals surface area contributed by atoms with Gasteiger partial charge in [0.1, 0.15) is 20.2 Å². The fourth-order valence-electron chi connectivity index (χ4n) is 2.26. The largest absolute Gasteiger partial charge is 0.468 e. The van der Waals surface area contributed by atoms with Crippen LogP contribution in [0.5, 0.6) is 0 Å². The maximum absolute atomic E-state index is 5.32. The molecule has 0 rings (SSSR count). The Labute approximate surface area is 115 Å². The third kappa shape index (κ3) is 16.4. The third-order valence-corrected chi connectivity index (χ3v) is 5.87. The lowest BCUT2D eigenvalue weighted by Crippen LogP contribution is -1.93. The number of rotatable bonds is 14.